The summed E-state index contributed by atoms with van der Waals surface area (Å²) < 4.78 is 28.6. The van der Waals surface area contributed by atoms with Crippen molar-refractivity contribution in [1.29, 1.82) is 0 Å². The van der Waals surface area contributed by atoms with Gasteiger partial charge in [0.15, 0.2) is 0 Å². The number of hydrogen-bond acceptors (Lipinski definition) is 4. The summed E-state index contributed by atoms with van der Waals surface area (Å²) in [7, 11) is -4.08. The van der Waals surface area contributed by atoms with Crippen LogP contribution in [0.2, 0.25) is 5.02 Å². The van der Waals surface area contributed by atoms with Crippen LogP contribution in [-0.4, -0.2) is 44.3 Å². The van der Waals surface area contributed by atoms with E-state index in [0.717, 1.165) is 16.3 Å². The lowest BCUT2D eigenvalue weighted by molar-refractivity contribution is -0.140. The number of nitrogens with zero attached hydrogens (tertiary/aromatic N) is 2. The van der Waals surface area contributed by atoms with Gasteiger partial charge in [-0.1, -0.05) is 79.5 Å². The third kappa shape index (κ3) is 7.14. The minimum absolute atomic E-state index is 0.0592. The van der Waals surface area contributed by atoms with Crippen molar-refractivity contribution >= 4 is 39.1 Å². The summed E-state index contributed by atoms with van der Waals surface area (Å²) >= 11 is 6.41. The molecule has 0 saturated carbocycles. The van der Waals surface area contributed by atoms with Gasteiger partial charge in [0.05, 0.1) is 10.6 Å². The number of carbonyl (C=O) groups is 2. The fourth-order valence-corrected chi connectivity index (χ4v) is 5.69. The highest BCUT2D eigenvalue weighted by Gasteiger charge is 2.33. The number of nitrogens with one attached hydrogen (secondary N) is 1. The number of halogens is 1. The van der Waals surface area contributed by atoms with Crippen LogP contribution < -0.4 is 9.62 Å². The molecule has 1 atom stereocenters. The zero-order valence-corrected chi connectivity index (χ0v) is 23.5. The van der Waals surface area contributed by atoms with Gasteiger partial charge in [0.25, 0.3) is 10.0 Å². The predicted molar refractivity (Wildman–Crippen MR) is 152 cm³/mol. The lowest BCUT2D eigenvalue weighted by atomic mass is 10.1. The van der Waals surface area contributed by atoms with Crippen LogP contribution in [-0.2, 0) is 26.2 Å². The number of aryl methyl sites for hydroxylation is 1. The van der Waals surface area contributed by atoms with Gasteiger partial charge >= 0.3 is 0 Å². The van der Waals surface area contributed by atoms with Crippen LogP contribution in [0, 0.1) is 6.92 Å². The van der Waals surface area contributed by atoms with Gasteiger partial charge in [-0.05, 0) is 55.7 Å². The average molecular weight is 556 g/mol. The van der Waals surface area contributed by atoms with E-state index in [1.807, 2.05) is 20.8 Å². The molecule has 0 bridgehead atoms. The van der Waals surface area contributed by atoms with Gasteiger partial charge in [-0.25, -0.2) is 8.42 Å². The molecule has 0 aliphatic heterocycles. The molecule has 3 aromatic rings. The van der Waals surface area contributed by atoms with Crippen LogP contribution in [0.25, 0.3) is 0 Å². The van der Waals surface area contributed by atoms with Crippen molar-refractivity contribution in [3.05, 3.63) is 95.0 Å². The number of hydrogen-bond donors (Lipinski definition) is 1. The number of carbonyl (C=O) groups excluding carboxylic acids is 2. The average Bonchev–Trinajstić information content (AvgIpc) is 2.92. The molecule has 0 aliphatic rings. The Morgan fingerprint density at radius 2 is 1.55 bits per heavy atom. The zero-order chi connectivity index (χ0) is 27.7. The number of sulfonamides is 1. The molecule has 7 nitrogen and oxygen atoms in total. The molecule has 0 aromatic heterocycles. The van der Waals surface area contributed by atoms with Crippen molar-refractivity contribution in [3.63, 3.8) is 0 Å². The molecule has 202 valence electrons. The summed E-state index contributed by atoms with van der Waals surface area (Å²) in [6, 6.07) is 21.2. The molecule has 0 radical (unpaired) electrons. The Balaban J connectivity index is 2.04. The Hall–Kier alpha value is -3.36. The van der Waals surface area contributed by atoms with Crippen LogP contribution in [0.1, 0.15) is 37.8 Å². The number of benzene rings is 3. The molecular formula is C29H34ClN3O4S. The highest BCUT2D eigenvalue weighted by atomic mass is 35.5. The second-order valence-electron chi connectivity index (χ2n) is 8.99. The molecule has 1 unspecified atom stereocenters. The molecule has 2 amide bonds. The highest BCUT2D eigenvalue weighted by Crippen LogP contribution is 2.26. The van der Waals surface area contributed by atoms with E-state index in [-0.39, 0.29) is 17.3 Å². The smallest absolute Gasteiger partial charge is 0.264 e. The molecule has 0 spiro atoms. The van der Waals surface area contributed by atoms with Crippen molar-refractivity contribution in [3.8, 4) is 0 Å². The summed E-state index contributed by atoms with van der Waals surface area (Å²) in [6.07, 6.45) is 1.10. The molecule has 0 heterocycles. The van der Waals surface area contributed by atoms with Crippen molar-refractivity contribution in [2.45, 2.75) is 51.1 Å². The number of anilines is 1. The lowest BCUT2D eigenvalue weighted by Gasteiger charge is -2.33. The summed E-state index contributed by atoms with van der Waals surface area (Å²) in [5.41, 5.74) is 1.97. The Morgan fingerprint density at radius 1 is 0.921 bits per heavy atom. The van der Waals surface area contributed by atoms with E-state index >= 15 is 0 Å². The first kappa shape index (κ1) is 29.2. The van der Waals surface area contributed by atoms with Crippen molar-refractivity contribution in [2.75, 3.05) is 17.4 Å². The molecule has 0 saturated heterocycles. The molecule has 9 heteroatoms. The minimum atomic E-state index is -4.08. The van der Waals surface area contributed by atoms with E-state index in [9.17, 15) is 18.0 Å². The third-order valence-corrected chi connectivity index (χ3v) is 8.32. The van der Waals surface area contributed by atoms with Gasteiger partial charge in [-0.3, -0.25) is 13.9 Å². The normalized spacial score (nSPS) is 12.0. The van der Waals surface area contributed by atoms with Crippen LogP contribution >= 0.6 is 11.6 Å². The van der Waals surface area contributed by atoms with Crippen molar-refractivity contribution in [1.82, 2.24) is 10.2 Å². The molecule has 1 N–H and O–H groups in total. The second kappa shape index (κ2) is 13.4. The summed E-state index contributed by atoms with van der Waals surface area (Å²) in [5.74, 6) is -0.800. The Labute approximate surface area is 230 Å². The maximum atomic E-state index is 14.0. The Kier molecular flexibility index (Phi) is 10.3. The summed E-state index contributed by atoms with van der Waals surface area (Å²) in [4.78, 5) is 28.6. The topological polar surface area (TPSA) is 86.8 Å². The van der Waals surface area contributed by atoms with Gasteiger partial charge in [0, 0.05) is 18.1 Å². The summed E-state index contributed by atoms with van der Waals surface area (Å²) in [6.45, 7) is 5.72. The van der Waals surface area contributed by atoms with E-state index in [4.69, 9.17) is 11.6 Å². The minimum Gasteiger partial charge on any atom is -0.354 e. The van der Waals surface area contributed by atoms with Crippen molar-refractivity contribution < 1.29 is 18.0 Å². The number of rotatable bonds is 12. The molecule has 0 fully saturated rings. The van der Waals surface area contributed by atoms with E-state index in [2.05, 4.69) is 5.32 Å². The van der Waals surface area contributed by atoms with E-state index in [0.29, 0.717) is 29.2 Å². The van der Waals surface area contributed by atoms with Crippen LogP contribution in [0.15, 0.2) is 83.8 Å². The van der Waals surface area contributed by atoms with Crippen LogP contribution in [0.4, 0.5) is 5.69 Å². The summed E-state index contributed by atoms with van der Waals surface area (Å²) in [5, 5.41) is 3.33. The van der Waals surface area contributed by atoms with Gasteiger partial charge < -0.3 is 10.2 Å². The molecular weight excluding hydrogens is 522 g/mol. The molecule has 0 aliphatic carbocycles. The predicted octanol–water partition coefficient (Wildman–Crippen LogP) is 5.18. The number of amides is 2. The second-order valence-corrected chi connectivity index (χ2v) is 11.3. The van der Waals surface area contributed by atoms with Crippen molar-refractivity contribution in [2.24, 2.45) is 0 Å². The lowest BCUT2D eigenvalue weighted by Crippen LogP contribution is -2.52. The van der Waals surface area contributed by atoms with Gasteiger partial charge in [0.2, 0.25) is 11.8 Å². The Bertz CT molecular complexity index is 1330. The quantitative estimate of drug-likeness (QED) is 0.334. The van der Waals surface area contributed by atoms with Gasteiger partial charge in [0.1, 0.15) is 12.6 Å². The standard InChI is InChI=1S/C29H34ClN3O4S/c1-4-19-31-29(35)27(5-2)32(20-23-11-9-10-14-26(23)30)28(34)21-33(24-17-15-22(3)16-18-24)38(36,37)25-12-7-6-8-13-25/h6-18,27H,4-5,19-21H2,1-3H3,(H,31,35). The third-order valence-electron chi connectivity index (χ3n) is 6.17. The van der Waals surface area contributed by atoms with Gasteiger partial charge in [-0.15, -0.1) is 0 Å². The molecule has 3 rings (SSSR count). The first-order valence-corrected chi connectivity index (χ1v) is 14.5. The first-order valence-electron chi connectivity index (χ1n) is 12.6. The Morgan fingerprint density at radius 3 is 2.16 bits per heavy atom. The van der Waals surface area contributed by atoms with Gasteiger partial charge in [-0.2, -0.15) is 0 Å². The maximum absolute atomic E-state index is 14.0. The van der Waals surface area contributed by atoms with Crippen LogP contribution in [0.3, 0.4) is 0 Å². The zero-order valence-electron chi connectivity index (χ0n) is 21.9. The first-order chi connectivity index (χ1) is 18.2. The fourth-order valence-electron chi connectivity index (χ4n) is 4.06. The monoisotopic (exact) mass is 555 g/mol. The van der Waals surface area contributed by atoms with E-state index in [1.165, 1.54) is 17.0 Å². The largest absolute Gasteiger partial charge is 0.354 e. The molecule has 38 heavy (non-hydrogen) atoms. The van der Waals surface area contributed by atoms with E-state index < -0.39 is 28.5 Å². The molecule has 3 aromatic carbocycles. The van der Waals surface area contributed by atoms with Crippen LogP contribution in [0.5, 0.6) is 0 Å². The van der Waals surface area contributed by atoms with E-state index in [1.54, 1.807) is 66.7 Å². The SMILES string of the molecule is CCCNC(=O)C(CC)N(Cc1ccccc1Cl)C(=O)CN(c1ccc(C)cc1)S(=O)(=O)c1ccccc1. The fraction of sp³-hybridized carbons (Fsp3) is 0.310. The maximum Gasteiger partial charge on any atom is 0.264 e. The highest BCUT2D eigenvalue weighted by molar-refractivity contribution is 7.92.